The lowest BCUT2D eigenvalue weighted by Crippen LogP contribution is -2.45. The fraction of sp³-hybridized carbons (Fsp3) is 0.361. The fourth-order valence-corrected chi connectivity index (χ4v) is 6.82. The zero-order valence-corrected chi connectivity index (χ0v) is 27.7. The molecule has 10 nitrogen and oxygen atoms in total. The van der Waals surface area contributed by atoms with Gasteiger partial charge in [0.05, 0.1) is 28.9 Å². The van der Waals surface area contributed by atoms with Crippen LogP contribution in [0.4, 0.5) is 23.7 Å². The molecule has 0 aliphatic carbocycles. The summed E-state index contributed by atoms with van der Waals surface area (Å²) in [4.78, 5) is 27.3. The van der Waals surface area contributed by atoms with Gasteiger partial charge in [0.2, 0.25) is 0 Å². The molecule has 0 spiro atoms. The summed E-state index contributed by atoms with van der Waals surface area (Å²) < 4.78 is 50.7. The third-order valence-corrected chi connectivity index (χ3v) is 9.63. The van der Waals surface area contributed by atoms with E-state index in [1.807, 2.05) is 44.4 Å². The van der Waals surface area contributed by atoms with Gasteiger partial charge in [-0.3, -0.25) is 9.58 Å². The number of hydrogen-bond acceptors (Lipinski definition) is 6. The molecule has 0 bridgehead atoms. The number of nitrogens with one attached hydrogen (secondary N) is 2. The topological polar surface area (TPSA) is 94.5 Å². The predicted octanol–water partition coefficient (Wildman–Crippen LogP) is 7.06. The van der Waals surface area contributed by atoms with Gasteiger partial charge in [-0.1, -0.05) is 19.1 Å². The maximum atomic E-state index is 14.2. The SMILES string of the molecule is CCN1CCN(Cc2ccc(NC(=O)N3CCc4ccc(Oc5ccnc6[nH]c(-c7cnn(C)c7)cc56)cc4[C@@H]3C)cc2C(F)(F)F)CC1. The van der Waals surface area contributed by atoms with Crippen LogP contribution in [0.2, 0.25) is 0 Å². The molecule has 1 atom stereocenters. The van der Waals surface area contributed by atoms with Crippen molar-refractivity contribution in [1.82, 2.24) is 34.4 Å². The molecule has 5 aromatic rings. The Hall–Kier alpha value is -4.88. The van der Waals surface area contributed by atoms with Gasteiger partial charge in [0.1, 0.15) is 17.1 Å². The number of alkyl halides is 3. The molecule has 2 aliphatic heterocycles. The number of carbonyl (C=O) groups excluding carboxylic acids is 1. The Balaban J connectivity index is 1.06. The van der Waals surface area contributed by atoms with E-state index in [4.69, 9.17) is 4.74 Å². The largest absolute Gasteiger partial charge is 0.457 e. The number of likely N-dealkylation sites (N-methyl/N-ethyl adjacent to an activating group) is 1. The predicted molar refractivity (Wildman–Crippen MR) is 181 cm³/mol. The van der Waals surface area contributed by atoms with E-state index in [9.17, 15) is 18.0 Å². The summed E-state index contributed by atoms with van der Waals surface area (Å²) in [5.41, 5.74) is 4.10. The van der Waals surface area contributed by atoms with Crippen LogP contribution in [0.25, 0.3) is 22.3 Å². The number of benzene rings is 2. The number of anilines is 1. The Morgan fingerprint density at radius 1 is 1.04 bits per heavy atom. The molecule has 0 unspecified atom stereocenters. The summed E-state index contributed by atoms with van der Waals surface area (Å²) in [6, 6.07) is 12.9. The molecule has 5 heterocycles. The Morgan fingerprint density at radius 2 is 1.84 bits per heavy atom. The first-order valence-corrected chi connectivity index (χ1v) is 16.6. The van der Waals surface area contributed by atoms with Gasteiger partial charge in [-0.05, 0) is 73.0 Å². The lowest BCUT2D eigenvalue weighted by atomic mass is 9.93. The number of piperazine rings is 1. The molecule has 0 saturated carbocycles. The fourth-order valence-electron chi connectivity index (χ4n) is 6.82. The van der Waals surface area contributed by atoms with Crippen LogP contribution in [0.3, 0.4) is 0 Å². The van der Waals surface area contributed by atoms with E-state index in [0.29, 0.717) is 30.1 Å². The van der Waals surface area contributed by atoms with E-state index in [1.165, 1.54) is 6.07 Å². The van der Waals surface area contributed by atoms with Crippen molar-refractivity contribution in [2.24, 2.45) is 7.05 Å². The van der Waals surface area contributed by atoms with E-state index >= 15 is 0 Å². The van der Waals surface area contributed by atoms with Crippen LogP contribution in [0.15, 0.2) is 67.1 Å². The number of halogens is 3. The number of urea groups is 1. The molecule has 7 rings (SSSR count). The molecule has 13 heteroatoms. The molecule has 3 aromatic heterocycles. The van der Waals surface area contributed by atoms with Crippen LogP contribution in [-0.4, -0.2) is 79.7 Å². The van der Waals surface area contributed by atoms with Crippen molar-refractivity contribution in [1.29, 1.82) is 0 Å². The van der Waals surface area contributed by atoms with Crippen LogP contribution in [0.5, 0.6) is 11.5 Å². The third kappa shape index (κ3) is 6.86. The molecule has 2 amide bonds. The van der Waals surface area contributed by atoms with Crippen molar-refractivity contribution in [3.05, 3.63) is 89.4 Å². The number of aromatic amines is 1. The summed E-state index contributed by atoms with van der Waals surface area (Å²) >= 11 is 0. The molecular weight excluding hydrogens is 633 g/mol. The van der Waals surface area contributed by atoms with E-state index < -0.39 is 17.8 Å². The number of rotatable bonds is 7. The normalized spacial score (nSPS) is 17.3. The van der Waals surface area contributed by atoms with Crippen molar-refractivity contribution in [2.45, 2.75) is 39.0 Å². The summed E-state index contributed by atoms with van der Waals surface area (Å²) in [5, 5.41) is 7.81. The van der Waals surface area contributed by atoms with Gasteiger partial charge in [0, 0.05) is 70.0 Å². The van der Waals surface area contributed by atoms with Crippen LogP contribution in [0.1, 0.15) is 42.1 Å². The number of hydrogen-bond donors (Lipinski definition) is 2. The maximum Gasteiger partial charge on any atom is 0.416 e. The van der Waals surface area contributed by atoms with Gasteiger partial charge in [0.25, 0.3) is 0 Å². The Bertz CT molecular complexity index is 1980. The highest BCUT2D eigenvalue weighted by Crippen LogP contribution is 2.38. The standard InChI is InChI=1S/C36H39F3N8O2/c1-4-45-13-15-46(16-14-45)22-25-5-7-27(17-31(25)36(37,38)39)42-35(48)47-12-10-24-6-8-28(18-29(24)23(47)2)49-33-9-11-40-34-30(33)19-32(43-34)26-20-41-44(3)21-26/h5-9,11,17-21,23H,4,10,12-16,22H2,1-3H3,(H,40,43)(H,42,48)/t23-/m0/s1. The second kappa shape index (κ2) is 13.2. The number of H-pyrrole nitrogens is 1. The quantitative estimate of drug-likeness (QED) is 0.192. The van der Waals surface area contributed by atoms with Crippen LogP contribution in [-0.2, 0) is 26.2 Å². The minimum Gasteiger partial charge on any atom is -0.457 e. The molecule has 1 saturated heterocycles. The number of fused-ring (bicyclic) bond motifs is 2. The van der Waals surface area contributed by atoms with Crippen LogP contribution in [0, 0.1) is 0 Å². The zero-order valence-electron chi connectivity index (χ0n) is 27.7. The molecule has 2 N–H and O–H groups in total. The van der Waals surface area contributed by atoms with E-state index in [1.54, 1.807) is 34.1 Å². The number of amides is 2. The van der Waals surface area contributed by atoms with Crippen LogP contribution >= 0.6 is 0 Å². The van der Waals surface area contributed by atoms with Crippen molar-refractivity contribution in [2.75, 3.05) is 44.6 Å². The van der Waals surface area contributed by atoms with Crippen molar-refractivity contribution >= 4 is 22.8 Å². The molecule has 1 fully saturated rings. The van der Waals surface area contributed by atoms with Gasteiger partial charge in [0.15, 0.2) is 0 Å². The van der Waals surface area contributed by atoms with Crippen molar-refractivity contribution in [3.8, 4) is 22.8 Å². The van der Waals surface area contributed by atoms with E-state index in [2.05, 4.69) is 37.1 Å². The van der Waals surface area contributed by atoms with Crippen molar-refractivity contribution < 1.29 is 22.7 Å². The smallest absolute Gasteiger partial charge is 0.416 e. The Kier molecular flexibility index (Phi) is 8.80. The summed E-state index contributed by atoms with van der Waals surface area (Å²) in [7, 11) is 1.86. The highest BCUT2D eigenvalue weighted by Gasteiger charge is 2.35. The monoisotopic (exact) mass is 672 g/mol. The second-order valence-electron chi connectivity index (χ2n) is 12.7. The Morgan fingerprint density at radius 3 is 2.57 bits per heavy atom. The summed E-state index contributed by atoms with van der Waals surface area (Å²) in [6.07, 6.45) is 1.43. The lowest BCUT2D eigenvalue weighted by Gasteiger charge is -2.35. The number of ether oxygens (including phenoxy) is 1. The van der Waals surface area contributed by atoms with E-state index in [0.717, 1.165) is 66.6 Å². The molecular formula is C36H39F3N8O2. The molecule has 49 heavy (non-hydrogen) atoms. The van der Waals surface area contributed by atoms with Gasteiger partial charge < -0.3 is 24.8 Å². The average molecular weight is 673 g/mol. The number of pyridine rings is 1. The second-order valence-corrected chi connectivity index (χ2v) is 12.7. The van der Waals surface area contributed by atoms with Gasteiger partial charge in [-0.25, -0.2) is 9.78 Å². The average Bonchev–Trinajstić information content (AvgIpc) is 3.72. The van der Waals surface area contributed by atoms with Gasteiger partial charge in [-0.2, -0.15) is 18.3 Å². The highest BCUT2D eigenvalue weighted by molar-refractivity contribution is 5.90. The van der Waals surface area contributed by atoms with Crippen LogP contribution < -0.4 is 10.1 Å². The number of aromatic nitrogens is 4. The number of aryl methyl sites for hydroxylation is 1. The lowest BCUT2D eigenvalue weighted by molar-refractivity contribution is -0.138. The highest BCUT2D eigenvalue weighted by atomic mass is 19.4. The first kappa shape index (κ1) is 32.7. The van der Waals surface area contributed by atoms with E-state index in [-0.39, 0.29) is 23.8 Å². The van der Waals surface area contributed by atoms with Gasteiger partial charge >= 0.3 is 12.2 Å². The molecule has 256 valence electrons. The Labute approximate surface area is 282 Å². The first-order chi connectivity index (χ1) is 23.6. The zero-order chi connectivity index (χ0) is 34.3. The summed E-state index contributed by atoms with van der Waals surface area (Å²) in [5.74, 6) is 1.23. The molecule has 2 aromatic carbocycles. The minimum absolute atomic E-state index is 0.116. The third-order valence-electron chi connectivity index (χ3n) is 9.63. The summed E-state index contributed by atoms with van der Waals surface area (Å²) in [6.45, 7) is 8.70. The number of carbonyl (C=O) groups is 1. The minimum atomic E-state index is -4.55. The molecule has 0 radical (unpaired) electrons. The van der Waals surface area contributed by atoms with Crippen molar-refractivity contribution in [3.63, 3.8) is 0 Å². The number of nitrogens with zero attached hydrogens (tertiary/aromatic N) is 6. The first-order valence-electron chi connectivity index (χ1n) is 16.6. The maximum absolute atomic E-state index is 14.2. The molecule has 2 aliphatic rings. The van der Waals surface area contributed by atoms with Gasteiger partial charge in [-0.15, -0.1) is 0 Å².